The molecule has 0 spiro atoms. The van der Waals surface area contributed by atoms with E-state index in [1.165, 1.54) is 18.4 Å². The molecule has 4 rings (SSSR count). The number of allylic oxidation sites excluding steroid dienone is 1. The maximum atomic E-state index is 13.8. The van der Waals surface area contributed by atoms with Gasteiger partial charge in [0.15, 0.2) is 0 Å². The van der Waals surface area contributed by atoms with Gasteiger partial charge in [-0.2, -0.15) is 0 Å². The summed E-state index contributed by atoms with van der Waals surface area (Å²) in [7, 11) is 0. The van der Waals surface area contributed by atoms with E-state index < -0.39 is 12.5 Å². The molecule has 0 bridgehead atoms. The molecule has 0 amide bonds. The first-order chi connectivity index (χ1) is 12.7. The summed E-state index contributed by atoms with van der Waals surface area (Å²) in [5.41, 5.74) is 1.68. The van der Waals surface area contributed by atoms with Crippen molar-refractivity contribution in [1.29, 1.82) is 0 Å². The third-order valence-corrected chi connectivity index (χ3v) is 9.03. The summed E-state index contributed by atoms with van der Waals surface area (Å²) in [6.07, 6.45) is 10.8. The Kier molecular flexibility index (Phi) is 5.20. The lowest BCUT2D eigenvalue weighted by atomic mass is 9.51. The molecule has 2 N–H and O–H groups in total. The molecular weight excluding hydrogens is 346 g/mol. The molecule has 0 radical (unpaired) electrons. The topological polar surface area (TPSA) is 40.5 Å². The zero-order valence-corrected chi connectivity index (χ0v) is 16.8. The van der Waals surface area contributed by atoms with E-state index in [4.69, 9.17) is 5.11 Å². The molecule has 0 aromatic rings. The van der Waals surface area contributed by atoms with Crippen LogP contribution in [0.4, 0.5) is 8.78 Å². The first-order valence-corrected chi connectivity index (χ1v) is 11.1. The molecule has 4 aliphatic rings. The minimum atomic E-state index is -2.95. The Hall–Kier alpha value is -0.480. The second kappa shape index (κ2) is 7.09. The molecule has 0 aliphatic heterocycles. The molecule has 2 nitrogen and oxygen atoms in total. The lowest BCUT2D eigenvalue weighted by Gasteiger charge is -2.54. The summed E-state index contributed by atoms with van der Waals surface area (Å²) in [5, 5.41) is 19.0. The van der Waals surface area contributed by atoms with Crippen molar-refractivity contribution < 1.29 is 19.0 Å². The molecule has 0 heterocycles. The molecule has 3 saturated carbocycles. The number of alkyl halides is 2. The van der Waals surface area contributed by atoms with E-state index in [0.29, 0.717) is 23.7 Å². The summed E-state index contributed by atoms with van der Waals surface area (Å²) < 4.78 is 27.6. The van der Waals surface area contributed by atoms with Gasteiger partial charge in [0.25, 0.3) is 5.92 Å². The number of aliphatic hydroxyl groups excluding tert-OH is 2. The predicted molar refractivity (Wildman–Crippen MR) is 102 cm³/mol. The van der Waals surface area contributed by atoms with Gasteiger partial charge in [0.2, 0.25) is 0 Å². The molecule has 3 fully saturated rings. The number of halogens is 2. The van der Waals surface area contributed by atoms with Gasteiger partial charge in [-0.3, -0.25) is 0 Å². The van der Waals surface area contributed by atoms with Crippen molar-refractivity contribution >= 4 is 0 Å². The average Bonchev–Trinajstić information content (AvgIpc) is 2.98. The van der Waals surface area contributed by atoms with Crippen LogP contribution < -0.4 is 0 Å². The Bertz CT molecular complexity index is 589. The fraction of sp³-hybridized carbons (Fsp3) is 0.913. The monoisotopic (exact) mass is 382 g/mol. The van der Waals surface area contributed by atoms with E-state index in [9.17, 15) is 13.9 Å². The van der Waals surface area contributed by atoms with Gasteiger partial charge in [0.1, 0.15) is 6.61 Å². The van der Waals surface area contributed by atoms with Crippen LogP contribution >= 0.6 is 0 Å². The molecule has 0 aromatic heterocycles. The quantitative estimate of drug-likeness (QED) is 0.657. The van der Waals surface area contributed by atoms with Crippen molar-refractivity contribution in [3.05, 3.63) is 11.6 Å². The van der Waals surface area contributed by atoms with Crippen LogP contribution in [0.2, 0.25) is 0 Å². The smallest absolute Gasteiger partial charge is 0.270 e. The summed E-state index contributed by atoms with van der Waals surface area (Å²) in [4.78, 5) is 0. The third-order valence-electron chi connectivity index (χ3n) is 9.03. The lowest BCUT2D eigenvalue weighted by molar-refractivity contribution is -0.0852. The summed E-state index contributed by atoms with van der Waals surface area (Å²) in [6, 6.07) is 0. The van der Waals surface area contributed by atoms with Gasteiger partial charge in [0.05, 0.1) is 6.10 Å². The number of hydrogen-bond donors (Lipinski definition) is 2. The summed E-state index contributed by atoms with van der Waals surface area (Å²) in [5.74, 6) is 0.101. The SMILES string of the molecule is CC(CC(F)(F)CO)[C@H]1CCC2C3CC=C4C[C@@H](O)CC[C@@H]4C3CC[C@@]21C. The Balaban J connectivity index is 1.51. The molecule has 0 aromatic carbocycles. The Morgan fingerprint density at radius 3 is 2.70 bits per heavy atom. The highest BCUT2D eigenvalue weighted by Crippen LogP contribution is 2.65. The lowest BCUT2D eigenvalue weighted by Crippen LogP contribution is -2.47. The second-order valence-electron chi connectivity index (χ2n) is 10.4. The van der Waals surface area contributed by atoms with Gasteiger partial charge in [-0.1, -0.05) is 25.5 Å². The van der Waals surface area contributed by atoms with Gasteiger partial charge in [-0.05, 0) is 92.3 Å². The van der Waals surface area contributed by atoms with Crippen LogP contribution in [0.3, 0.4) is 0 Å². The maximum Gasteiger partial charge on any atom is 0.270 e. The zero-order valence-electron chi connectivity index (χ0n) is 16.8. The molecule has 8 atom stereocenters. The first kappa shape index (κ1) is 19.8. The standard InChI is InChI=1S/C23H36F2O2/c1-14(12-23(24,25)13-26)20-7-8-21-19-5-3-15-11-16(27)4-6-17(15)18(19)9-10-22(20,21)2/h3,14,16-21,26-27H,4-13H2,1-2H3/t14?,16-,17-,18?,19?,20+,21?,22+/m0/s1. The molecule has 154 valence electrons. The van der Waals surface area contributed by atoms with E-state index in [0.717, 1.165) is 44.4 Å². The average molecular weight is 383 g/mol. The van der Waals surface area contributed by atoms with Gasteiger partial charge in [0, 0.05) is 6.42 Å². The fourth-order valence-electron chi connectivity index (χ4n) is 7.90. The molecule has 0 saturated heterocycles. The summed E-state index contributed by atoms with van der Waals surface area (Å²) >= 11 is 0. The van der Waals surface area contributed by atoms with Gasteiger partial charge in [-0.25, -0.2) is 8.78 Å². The van der Waals surface area contributed by atoms with Crippen molar-refractivity contribution in [3.8, 4) is 0 Å². The van der Waals surface area contributed by atoms with Gasteiger partial charge >= 0.3 is 0 Å². The highest BCUT2D eigenvalue weighted by atomic mass is 19.3. The van der Waals surface area contributed by atoms with Gasteiger partial charge in [-0.15, -0.1) is 0 Å². The Labute approximate surface area is 162 Å². The van der Waals surface area contributed by atoms with Crippen molar-refractivity contribution in [2.45, 2.75) is 83.7 Å². The van der Waals surface area contributed by atoms with Crippen LogP contribution in [0.1, 0.15) is 71.6 Å². The maximum absolute atomic E-state index is 13.8. The molecule has 4 aliphatic carbocycles. The zero-order chi connectivity index (χ0) is 19.4. The number of hydrogen-bond acceptors (Lipinski definition) is 2. The van der Waals surface area contributed by atoms with E-state index in [1.807, 2.05) is 6.92 Å². The van der Waals surface area contributed by atoms with Crippen LogP contribution in [0.5, 0.6) is 0 Å². The molecule has 27 heavy (non-hydrogen) atoms. The normalized spacial score (nSPS) is 45.5. The van der Waals surface area contributed by atoms with Crippen molar-refractivity contribution in [2.75, 3.05) is 6.61 Å². The van der Waals surface area contributed by atoms with Crippen LogP contribution in [0.15, 0.2) is 11.6 Å². The van der Waals surface area contributed by atoms with Crippen LogP contribution in [-0.2, 0) is 0 Å². The van der Waals surface area contributed by atoms with Crippen molar-refractivity contribution in [1.82, 2.24) is 0 Å². The number of rotatable bonds is 4. The molecular formula is C23H36F2O2. The van der Waals surface area contributed by atoms with E-state index in [1.54, 1.807) is 0 Å². The molecule has 4 unspecified atom stereocenters. The van der Waals surface area contributed by atoms with Crippen molar-refractivity contribution in [3.63, 3.8) is 0 Å². The highest BCUT2D eigenvalue weighted by Gasteiger charge is 2.57. The molecule has 4 heteroatoms. The Morgan fingerprint density at radius 1 is 1.19 bits per heavy atom. The summed E-state index contributed by atoms with van der Waals surface area (Å²) in [6.45, 7) is 3.33. The minimum Gasteiger partial charge on any atom is -0.393 e. The largest absolute Gasteiger partial charge is 0.393 e. The van der Waals surface area contributed by atoms with E-state index in [2.05, 4.69) is 13.0 Å². The van der Waals surface area contributed by atoms with Gasteiger partial charge < -0.3 is 10.2 Å². The van der Waals surface area contributed by atoms with Crippen molar-refractivity contribution in [2.24, 2.45) is 40.9 Å². The fourth-order valence-corrected chi connectivity index (χ4v) is 7.90. The number of aliphatic hydroxyl groups is 2. The predicted octanol–water partition coefficient (Wildman–Crippen LogP) is 5.19. The Morgan fingerprint density at radius 2 is 1.96 bits per heavy atom. The second-order valence-corrected chi connectivity index (χ2v) is 10.4. The van der Waals surface area contributed by atoms with Crippen LogP contribution in [0.25, 0.3) is 0 Å². The van der Waals surface area contributed by atoms with E-state index >= 15 is 0 Å². The van der Waals surface area contributed by atoms with Crippen LogP contribution in [0, 0.1) is 40.9 Å². The van der Waals surface area contributed by atoms with E-state index in [-0.39, 0.29) is 23.9 Å². The van der Waals surface area contributed by atoms with Crippen LogP contribution in [-0.4, -0.2) is 28.8 Å². The minimum absolute atomic E-state index is 0.0433. The first-order valence-electron chi connectivity index (χ1n) is 11.1. The number of fused-ring (bicyclic) bond motifs is 5. The highest BCUT2D eigenvalue weighted by molar-refractivity contribution is 5.20. The third kappa shape index (κ3) is 3.39.